The molecular formula is C7H3F3O3S. The zero-order chi connectivity index (χ0) is 10.9. The Morgan fingerprint density at radius 1 is 1.36 bits per heavy atom. The predicted octanol–water partition coefficient (Wildman–Crippen LogP) is 2.19. The van der Waals surface area contributed by atoms with Gasteiger partial charge in [0.25, 0.3) is 5.78 Å². The number of carboxylic acids is 1. The fourth-order valence-electron chi connectivity index (χ4n) is 0.806. The predicted molar refractivity (Wildman–Crippen MR) is 41.7 cm³/mol. The summed E-state index contributed by atoms with van der Waals surface area (Å²) in [5.41, 5.74) is -0.810. The fraction of sp³-hybridized carbons (Fsp3) is 0.143. The van der Waals surface area contributed by atoms with E-state index < -0.39 is 28.4 Å². The van der Waals surface area contributed by atoms with Gasteiger partial charge in [-0.25, -0.2) is 4.79 Å². The maximum absolute atomic E-state index is 11.9. The molecule has 0 fully saturated rings. The molecule has 0 saturated heterocycles. The third kappa shape index (κ3) is 1.92. The van der Waals surface area contributed by atoms with Gasteiger partial charge in [0.2, 0.25) is 0 Å². The van der Waals surface area contributed by atoms with Gasteiger partial charge in [-0.2, -0.15) is 13.2 Å². The molecule has 1 rings (SSSR count). The number of rotatable bonds is 2. The number of ketones is 1. The van der Waals surface area contributed by atoms with Crippen molar-refractivity contribution in [1.82, 2.24) is 0 Å². The lowest BCUT2D eigenvalue weighted by molar-refractivity contribution is -0.0885. The van der Waals surface area contributed by atoms with Crippen LogP contribution >= 0.6 is 11.3 Å². The van der Waals surface area contributed by atoms with Crippen LogP contribution in [0.1, 0.15) is 20.0 Å². The average Bonchev–Trinajstić information content (AvgIpc) is 2.48. The number of alkyl halides is 3. The lowest BCUT2D eigenvalue weighted by Gasteiger charge is -2.03. The Balaban J connectivity index is 3.14. The van der Waals surface area contributed by atoms with Crippen molar-refractivity contribution in [2.45, 2.75) is 6.18 Å². The first-order valence-electron chi connectivity index (χ1n) is 3.26. The first kappa shape index (κ1) is 10.7. The summed E-state index contributed by atoms with van der Waals surface area (Å²) in [5.74, 6) is -3.66. The van der Waals surface area contributed by atoms with Gasteiger partial charge in [-0.05, 0) is 11.4 Å². The summed E-state index contributed by atoms with van der Waals surface area (Å²) in [5, 5.41) is 9.59. The molecule has 14 heavy (non-hydrogen) atoms. The largest absolute Gasteiger partial charge is 0.477 e. The second-order valence-corrected chi connectivity index (χ2v) is 3.21. The zero-order valence-corrected chi connectivity index (χ0v) is 7.28. The summed E-state index contributed by atoms with van der Waals surface area (Å²) in [6.45, 7) is 0. The Kier molecular flexibility index (Phi) is 2.61. The summed E-state index contributed by atoms with van der Waals surface area (Å²) in [4.78, 5) is 20.5. The van der Waals surface area contributed by atoms with E-state index in [1.165, 1.54) is 0 Å². The highest BCUT2D eigenvalue weighted by Crippen LogP contribution is 2.26. The van der Waals surface area contributed by atoms with Crippen LogP contribution in [0.25, 0.3) is 0 Å². The van der Waals surface area contributed by atoms with E-state index in [2.05, 4.69) is 0 Å². The lowest BCUT2D eigenvalue weighted by Crippen LogP contribution is -2.23. The number of Topliss-reactive ketones (excluding diaryl/α,β-unsaturated/α-hetero) is 1. The van der Waals surface area contributed by atoms with Gasteiger partial charge in [-0.15, -0.1) is 11.3 Å². The third-order valence-corrected chi connectivity index (χ3v) is 2.26. The number of aromatic carboxylic acids is 1. The van der Waals surface area contributed by atoms with Crippen molar-refractivity contribution in [3.8, 4) is 0 Å². The van der Waals surface area contributed by atoms with Gasteiger partial charge in [0, 0.05) is 0 Å². The first-order chi connectivity index (χ1) is 6.34. The highest BCUT2D eigenvalue weighted by Gasteiger charge is 2.41. The van der Waals surface area contributed by atoms with Crippen molar-refractivity contribution >= 4 is 23.1 Å². The third-order valence-electron chi connectivity index (χ3n) is 1.36. The molecule has 0 aliphatic rings. The summed E-state index contributed by atoms with van der Waals surface area (Å²) < 4.78 is 35.8. The molecular weight excluding hydrogens is 221 g/mol. The second kappa shape index (κ2) is 3.41. The van der Waals surface area contributed by atoms with Crippen LogP contribution in [0, 0.1) is 0 Å². The van der Waals surface area contributed by atoms with Gasteiger partial charge in [0.1, 0.15) is 4.88 Å². The number of hydrogen-bond donors (Lipinski definition) is 1. The van der Waals surface area contributed by atoms with Gasteiger partial charge >= 0.3 is 12.1 Å². The monoisotopic (exact) mass is 224 g/mol. The van der Waals surface area contributed by atoms with Crippen LogP contribution in [-0.4, -0.2) is 23.0 Å². The molecule has 1 aromatic rings. The lowest BCUT2D eigenvalue weighted by atomic mass is 10.1. The van der Waals surface area contributed by atoms with E-state index in [4.69, 9.17) is 5.11 Å². The molecule has 3 nitrogen and oxygen atoms in total. The van der Waals surface area contributed by atoms with Crippen molar-refractivity contribution in [1.29, 1.82) is 0 Å². The molecule has 0 aromatic carbocycles. The molecule has 1 aromatic heterocycles. The van der Waals surface area contributed by atoms with Crippen LogP contribution < -0.4 is 0 Å². The number of carbonyl (C=O) groups excluding carboxylic acids is 1. The molecule has 0 aliphatic carbocycles. The molecule has 0 saturated carbocycles. The van der Waals surface area contributed by atoms with Crippen molar-refractivity contribution < 1.29 is 27.9 Å². The first-order valence-corrected chi connectivity index (χ1v) is 4.14. The highest BCUT2D eigenvalue weighted by atomic mass is 32.1. The Morgan fingerprint density at radius 3 is 2.36 bits per heavy atom. The molecule has 1 N–H and O–H groups in total. The summed E-state index contributed by atoms with van der Waals surface area (Å²) in [6, 6.07) is 0.851. The minimum atomic E-state index is -5.04. The summed E-state index contributed by atoms with van der Waals surface area (Å²) in [7, 11) is 0. The summed E-state index contributed by atoms with van der Waals surface area (Å²) >= 11 is 0.582. The van der Waals surface area contributed by atoms with E-state index in [0.717, 1.165) is 11.4 Å². The Morgan fingerprint density at radius 2 is 1.93 bits per heavy atom. The van der Waals surface area contributed by atoms with Crippen LogP contribution in [-0.2, 0) is 0 Å². The minimum Gasteiger partial charge on any atom is -0.477 e. The average molecular weight is 224 g/mol. The number of carboxylic acid groups (broad SMARTS) is 1. The van der Waals surface area contributed by atoms with Gasteiger partial charge in [0.15, 0.2) is 0 Å². The Labute approximate surface area is 79.8 Å². The van der Waals surface area contributed by atoms with Gasteiger partial charge in [0.05, 0.1) is 5.56 Å². The van der Waals surface area contributed by atoms with Crippen molar-refractivity contribution in [3.05, 3.63) is 21.9 Å². The quantitative estimate of drug-likeness (QED) is 0.783. The molecule has 0 unspecified atom stereocenters. The molecule has 0 bridgehead atoms. The molecule has 0 atom stereocenters. The van der Waals surface area contributed by atoms with Crippen LogP contribution in [0.15, 0.2) is 11.4 Å². The number of thiophene rings is 1. The number of carbonyl (C=O) groups is 2. The molecule has 0 radical (unpaired) electrons. The van der Waals surface area contributed by atoms with Gasteiger partial charge in [-0.3, -0.25) is 4.79 Å². The normalized spacial score (nSPS) is 11.4. The van der Waals surface area contributed by atoms with Gasteiger partial charge < -0.3 is 5.11 Å². The van der Waals surface area contributed by atoms with E-state index in [1.807, 2.05) is 0 Å². The fourth-order valence-corrected chi connectivity index (χ4v) is 1.54. The number of halogens is 3. The standard InChI is InChI=1S/C7H3F3O3S/c8-7(9,10)5(11)3-1-2-14-4(3)6(12)13/h1-2H,(H,12,13). The molecule has 0 spiro atoms. The minimum absolute atomic E-state index is 0.582. The van der Waals surface area contributed by atoms with E-state index in [1.54, 1.807) is 0 Å². The van der Waals surface area contributed by atoms with Crippen LogP contribution in [0.2, 0.25) is 0 Å². The van der Waals surface area contributed by atoms with Crippen molar-refractivity contribution in [2.75, 3.05) is 0 Å². The van der Waals surface area contributed by atoms with Crippen LogP contribution in [0.4, 0.5) is 13.2 Å². The second-order valence-electron chi connectivity index (χ2n) is 2.30. The number of hydrogen-bond acceptors (Lipinski definition) is 3. The molecule has 7 heteroatoms. The maximum atomic E-state index is 11.9. The topological polar surface area (TPSA) is 54.4 Å². The smallest absolute Gasteiger partial charge is 0.454 e. The molecule has 76 valence electrons. The SMILES string of the molecule is O=C(O)c1sccc1C(=O)C(F)(F)F. The summed E-state index contributed by atoms with van der Waals surface area (Å²) in [6.07, 6.45) is -5.04. The molecule has 0 aliphatic heterocycles. The van der Waals surface area contributed by atoms with E-state index in [0.29, 0.717) is 11.3 Å². The zero-order valence-electron chi connectivity index (χ0n) is 6.46. The molecule has 1 heterocycles. The highest BCUT2D eigenvalue weighted by molar-refractivity contribution is 7.12. The molecule has 0 amide bonds. The van der Waals surface area contributed by atoms with Gasteiger partial charge in [-0.1, -0.05) is 0 Å². The Bertz CT molecular complexity index is 380. The van der Waals surface area contributed by atoms with E-state index in [9.17, 15) is 22.8 Å². The van der Waals surface area contributed by atoms with E-state index >= 15 is 0 Å². The van der Waals surface area contributed by atoms with Crippen LogP contribution in [0.3, 0.4) is 0 Å². The van der Waals surface area contributed by atoms with Crippen molar-refractivity contribution in [2.24, 2.45) is 0 Å². The van der Waals surface area contributed by atoms with Crippen molar-refractivity contribution in [3.63, 3.8) is 0 Å². The van der Waals surface area contributed by atoms with Crippen LogP contribution in [0.5, 0.6) is 0 Å². The maximum Gasteiger partial charge on any atom is 0.454 e. The Hall–Kier alpha value is -1.37. The van der Waals surface area contributed by atoms with E-state index in [-0.39, 0.29) is 0 Å².